The molecule has 1 heterocycles. The van der Waals surface area contributed by atoms with Crippen molar-refractivity contribution in [1.29, 1.82) is 0 Å². The van der Waals surface area contributed by atoms with Crippen molar-refractivity contribution in [3.8, 4) is 5.75 Å². The van der Waals surface area contributed by atoms with Crippen LogP contribution in [-0.2, 0) is 6.54 Å². The Labute approximate surface area is 94.3 Å². The Morgan fingerprint density at radius 3 is 2.69 bits per heavy atom. The average molecular weight is 217 g/mol. The Morgan fingerprint density at radius 2 is 2.00 bits per heavy atom. The second kappa shape index (κ2) is 4.39. The number of aromatic nitrogens is 1. The summed E-state index contributed by atoms with van der Waals surface area (Å²) in [5.74, 6) is 0.778. The lowest BCUT2D eigenvalue weighted by molar-refractivity contribution is 0.344. The molecule has 0 aliphatic carbocycles. The molecule has 1 aromatic carbocycles. The first-order chi connectivity index (χ1) is 7.77. The standard InChI is InChI=1S/C13H15NO2/c1-3-14-9-8-10-11(13(14)15)6-5-7-12(10)16-4-2/h5-9H,3-4H2,1-2H3. The number of aryl methyl sites for hydroxylation is 1. The van der Waals surface area contributed by atoms with Crippen LogP contribution >= 0.6 is 0 Å². The summed E-state index contributed by atoms with van der Waals surface area (Å²) in [5, 5.41) is 1.61. The third kappa shape index (κ3) is 1.69. The zero-order valence-corrected chi connectivity index (χ0v) is 9.56. The summed E-state index contributed by atoms with van der Waals surface area (Å²) < 4.78 is 7.19. The maximum absolute atomic E-state index is 12.0. The first-order valence-corrected chi connectivity index (χ1v) is 5.53. The van der Waals surface area contributed by atoms with Crippen LogP contribution < -0.4 is 10.3 Å². The van der Waals surface area contributed by atoms with Gasteiger partial charge in [0.25, 0.3) is 5.56 Å². The molecule has 0 bridgehead atoms. The van der Waals surface area contributed by atoms with Crippen molar-refractivity contribution in [2.24, 2.45) is 0 Å². The molecule has 3 heteroatoms. The molecule has 0 fully saturated rings. The number of nitrogens with zero attached hydrogens (tertiary/aromatic N) is 1. The average Bonchev–Trinajstić information content (AvgIpc) is 2.31. The van der Waals surface area contributed by atoms with Crippen molar-refractivity contribution < 1.29 is 4.74 Å². The zero-order chi connectivity index (χ0) is 11.5. The van der Waals surface area contributed by atoms with Crippen LogP contribution in [0.15, 0.2) is 35.3 Å². The van der Waals surface area contributed by atoms with E-state index in [2.05, 4.69) is 0 Å². The molecular weight excluding hydrogens is 202 g/mol. The summed E-state index contributed by atoms with van der Waals surface area (Å²) in [5.41, 5.74) is 0.0431. The minimum atomic E-state index is 0.0431. The number of pyridine rings is 1. The molecule has 2 aromatic rings. The smallest absolute Gasteiger partial charge is 0.258 e. The molecule has 0 saturated heterocycles. The zero-order valence-electron chi connectivity index (χ0n) is 9.56. The minimum Gasteiger partial charge on any atom is -0.493 e. The highest BCUT2D eigenvalue weighted by molar-refractivity contribution is 5.87. The van der Waals surface area contributed by atoms with Crippen LogP contribution in [0.25, 0.3) is 10.8 Å². The molecule has 3 nitrogen and oxygen atoms in total. The van der Waals surface area contributed by atoms with Gasteiger partial charge in [-0.3, -0.25) is 4.79 Å². The molecule has 0 unspecified atom stereocenters. The van der Waals surface area contributed by atoms with Crippen LogP contribution in [0.2, 0.25) is 0 Å². The molecule has 0 amide bonds. The van der Waals surface area contributed by atoms with Crippen molar-refractivity contribution in [3.05, 3.63) is 40.8 Å². The van der Waals surface area contributed by atoms with Crippen LogP contribution in [-0.4, -0.2) is 11.2 Å². The SMILES string of the molecule is CCOc1cccc2c(=O)n(CC)ccc12. The lowest BCUT2D eigenvalue weighted by atomic mass is 10.1. The van der Waals surface area contributed by atoms with Crippen molar-refractivity contribution in [3.63, 3.8) is 0 Å². The molecule has 0 N–H and O–H groups in total. The summed E-state index contributed by atoms with van der Waals surface area (Å²) in [6.07, 6.45) is 1.81. The Hall–Kier alpha value is -1.77. The predicted octanol–water partition coefficient (Wildman–Crippen LogP) is 2.42. The quantitative estimate of drug-likeness (QED) is 0.790. The van der Waals surface area contributed by atoms with Gasteiger partial charge in [0.2, 0.25) is 0 Å². The first-order valence-electron chi connectivity index (χ1n) is 5.53. The third-order valence-corrected chi connectivity index (χ3v) is 2.62. The van der Waals surface area contributed by atoms with Gasteiger partial charge in [-0.05, 0) is 32.0 Å². The number of rotatable bonds is 3. The first kappa shape index (κ1) is 10.7. The Kier molecular flexibility index (Phi) is 2.95. The fraction of sp³-hybridized carbons (Fsp3) is 0.308. The van der Waals surface area contributed by atoms with E-state index in [1.807, 2.05) is 44.3 Å². The van der Waals surface area contributed by atoms with E-state index < -0.39 is 0 Å². The largest absolute Gasteiger partial charge is 0.493 e. The predicted molar refractivity (Wildman–Crippen MR) is 65.1 cm³/mol. The molecule has 0 aliphatic heterocycles. The second-order valence-corrected chi connectivity index (χ2v) is 3.56. The van der Waals surface area contributed by atoms with Gasteiger partial charge in [-0.15, -0.1) is 0 Å². The fourth-order valence-electron chi connectivity index (χ4n) is 1.82. The van der Waals surface area contributed by atoms with Gasteiger partial charge in [-0.25, -0.2) is 0 Å². The van der Waals surface area contributed by atoms with Crippen LogP contribution in [0, 0.1) is 0 Å². The summed E-state index contributed by atoms with van der Waals surface area (Å²) >= 11 is 0. The highest BCUT2D eigenvalue weighted by Gasteiger charge is 2.05. The van der Waals surface area contributed by atoms with E-state index >= 15 is 0 Å². The summed E-state index contributed by atoms with van der Waals surface area (Å²) in [6.45, 7) is 5.19. The minimum absolute atomic E-state index is 0.0431. The number of fused-ring (bicyclic) bond motifs is 1. The second-order valence-electron chi connectivity index (χ2n) is 3.56. The normalized spacial score (nSPS) is 10.6. The van der Waals surface area contributed by atoms with Gasteiger partial charge in [0, 0.05) is 18.1 Å². The van der Waals surface area contributed by atoms with Gasteiger partial charge in [-0.1, -0.05) is 6.07 Å². The number of hydrogen-bond acceptors (Lipinski definition) is 2. The van der Waals surface area contributed by atoms with E-state index in [9.17, 15) is 4.79 Å². The highest BCUT2D eigenvalue weighted by atomic mass is 16.5. The van der Waals surface area contributed by atoms with Crippen LogP contribution in [0.5, 0.6) is 5.75 Å². The molecule has 0 saturated carbocycles. The van der Waals surface area contributed by atoms with Crippen molar-refractivity contribution in [2.75, 3.05) is 6.61 Å². The van der Waals surface area contributed by atoms with Gasteiger partial charge in [0.15, 0.2) is 0 Å². The molecule has 84 valence electrons. The molecular formula is C13H15NO2. The topological polar surface area (TPSA) is 31.2 Å². The maximum atomic E-state index is 12.0. The third-order valence-electron chi connectivity index (χ3n) is 2.62. The van der Waals surface area contributed by atoms with E-state index in [-0.39, 0.29) is 5.56 Å². The van der Waals surface area contributed by atoms with Gasteiger partial charge < -0.3 is 9.30 Å². The molecule has 0 radical (unpaired) electrons. The summed E-state index contributed by atoms with van der Waals surface area (Å²) in [6, 6.07) is 7.52. The Balaban J connectivity index is 2.72. The lowest BCUT2D eigenvalue weighted by Gasteiger charge is -2.08. The molecule has 16 heavy (non-hydrogen) atoms. The van der Waals surface area contributed by atoms with Crippen molar-refractivity contribution in [1.82, 2.24) is 4.57 Å². The fourth-order valence-corrected chi connectivity index (χ4v) is 1.82. The number of ether oxygens (including phenoxy) is 1. The highest BCUT2D eigenvalue weighted by Crippen LogP contribution is 2.22. The van der Waals surface area contributed by atoms with Gasteiger partial charge >= 0.3 is 0 Å². The number of hydrogen-bond donors (Lipinski definition) is 0. The van der Waals surface area contributed by atoms with E-state index in [0.717, 1.165) is 16.5 Å². The Bertz CT molecular complexity index is 557. The molecule has 0 atom stereocenters. The maximum Gasteiger partial charge on any atom is 0.258 e. The monoisotopic (exact) mass is 217 g/mol. The van der Waals surface area contributed by atoms with Crippen LogP contribution in [0.1, 0.15) is 13.8 Å². The lowest BCUT2D eigenvalue weighted by Crippen LogP contribution is -2.18. The van der Waals surface area contributed by atoms with Crippen LogP contribution in [0.4, 0.5) is 0 Å². The van der Waals surface area contributed by atoms with Crippen LogP contribution in [0.3, 0.4) is 0 Å². The Morgan fingerprint density at radius 1 is 1.19 bits per heavy atom. The van der Waals surface area contributed by atoms with E-state index in [4.69, 9.17) is 4.74 Å². The van der Waals surface area contributed by atoms with Gasteiger partial charge in [0.1, 0.15) is 5.75 Å². The van der Waals surface area contributed by atoms with E-state index in [1.165, 1.54) is 0 Å². The van der Waals surface area contributed by atoms with Gasteiger partial charge in [-0.2, -0.15) is 0 Å². The molecule has 0 aliphatic rings. The molecule has 2 rings (SSSR count). The van der Waals surface area contributed by atoms with Gasteiger partial charge in [0.05, 0.1) is 12.0 Å². The number of benzene rings is 1. The molecule has 1 aromatic heterocycles. The van der Waals surface area contributed by atoms with Crippen molar-refractivity contribution >= 4 is 10.8 Å². The van der Waals surface area contributed by atoms with E-state index in [1.54, 1.807) is 4.57 Å². The van der Waals surface area contributed by atoms with E-state index in [0.29, 0.717) is 13.2 Å². The summed E-state index contributed by atoms with van der Waals surface area (Å²) in [4.78, 5) is 12.0. The summed E-state index contributed by atoms with van der Waals surface area (Å²) in [7, 11) is 0. The van der Waals surface area contributed by atoms with Crippen molar-refractivity contribution in [2.45, 2.75) is 20.4 Å². The molecule has 0 spiro atoms.